The van der Waals surface area contributed by atoms with Crippen molar-refractivity contribution in [3.63, 3.8) is 0 Å². The number of hydrogen-bond acceptors (Lipinski definition) is 8. The minimum Gasteiger partial charge on any atom is -0.490 e. The van der Waals surface area contributed by atoms with Crippen molar-refractivity contribution < 1.29 is 45.8 Å². The number of carboxylic acids is 1. The fourth-order valence-corrected chi connectivity index (χ4v) is 10.7. The van der Waals surface area contributed by atoms with E-state index < -0.39 is 53.6 Å². The van der Waals surface area contributed by atoms with Crippen molar-refractivity contribution in [2.45, 2.75) is 81.4 Å². The van der Waals surface area contributed by atoms with E-state index in [2.05, 4.69) is 25.2 Å². The average molecular weight is 812 g/mol. The zero-order valence-corrected chi connectivity index (χ0v) is 31.5. The highest BCUT2D eigenvalue weighted by Crippen LogP contribution is 2.56. The number of fused-ring (bicyclic) bond motifs is 2. The van der Waals surface area contributed by atoms with Crippen LogP contribution in [0.3, 0.4) is 0 Å². The predicted molar refractivity (Wildman–Crippen MR) is 199 cm³/mol. The van der Waals surface area contributed by atoms with E-state index in [0.717, 1.165) is 18.9 Å². The molecule has 0 spiro atoms. The third-order valence-corrected chi connectivity index (χ3v) is 13.2. The first-order chi connectivity index (χ1) is 27.6. The molecule has 6 aliphatic rings. The van der Waals surface area contributed by atoms with Crippen LogP contribution in [-0.2, 0) is 11.0 Å². The van der Waals surface area contributed by atoms with Crippen LogP contribution in [0.2, 0.25) is 0 Å². The first-order valence-electron chi connectivity index (χ1n) is 19.9. The van der Waals surface area contributed by atoms with Crippen LogP contribution in [0.1, 0.15) is 73.5 Å². The molecule has 4 saturated carbocycles. The summed E-state index contributed by atoms with van der Waals surface area (Å²) in [5.74, 6) is -1.30. The van der Waals surface area contributed by atoms with Crippen molar-refractivity contribution in [1.29, 1.82) is 0 Å². The number of nitrogens with one attached hydrogen (secondary N) is 1. The molecule has 0 radical (unpaired) electrons. The molecule has 2 saturated heterocycles. The van der Waals surface area contributed by atoms with Crippen molar-refractivity contribution >= 4 is 28.7 Å². The molecule has 1 amide bonds. The van der Waals surface area contributed by atoms with Crippen LogP contribution in [0.25, 0.3) is 22.2 Å². The molecule has 4 bridgehead atoms. The number of benzene rings is 1. The van der Waals surface area contributed by atoms with Gasteiger partial charge in [-0.05, 0) is 86.1 Å². The van der Waals surface area contributed by atoms with Gasteiger partial charge in [0.2, 0.25) is 5.95 Å². The number of rotatable bonds is 9. The number of carbonyl (C=O) groups excluding carboxylic acids is 1. The van der Waals surface area contributed by atoms with Gasteiger partial charge in [-0.25, -0.2) is 19.7 Å². The van der Waals surface area contributed by atoms with E-state index in [-0.39, 0.29) is 36.7 Å². The number of alkyl halides is 6. The fourth-order valence-electron chi connectivity index (χ4n) is 10.7. The summed E-state index contributed by atoms with van der Waals surface area (Å²) >= 11 is 0. The lowest BCUT2D eigenvalue weighted by Crippen LogP contribution is -2.66. The molecular weight excluding hydrogens is 768 g/mol. The summed E-state index contributed by atoms with van der Waals surface area (Å²) in [6.45, 7) is 0.388. The molecule has 11 nitrogen and oxygen atoms in total. The number of amides is 1. The summed E-state index contributed by atoms with van der Waals surface area (Å²) in [7, 11) is 0. The number of halogens is 6. The van der Waals surface area contributed by atoms with Gasteiger partial charge in [0.15, 0.2) is 5.69 Å². The zero-order valence-electron chi connectivity index (χ0n) is 31.5. The lowest BCUT2D eigenvalue weighted by molar-refractivity contribution is -0.157. The van der Waals surface area contributed by atoms with Crippen molar-refractivity contribution in [3.05, 3.63) is 66.2 Å². The Bertz CT molecular complexity index is 2190. The van der Waals surface area contributed by atoms with Gasteiger partial charge >= 0.3 is 18.3 Å². The van der Waals surface area contributed by atoms with Gasteiger partial charge in [-0.15, -0.1) is 0 Å². The number of hydrogen-bond donors (Lipinski definition) is 2. The first kappa shape index (κ1) is 38.6. The SMILES string of the molecule is O=C(NC1(C(=O)O)C2CCC3CC(C2)CC1C3)c1ccc(-c2cn(C3CN(CC(F)(F)F)C3)c3cc(OC4CCN(c5ncccn5)CC4)ccc23)nc1C(F)(F)F. The van der Waals surface area contributed by atoms with E-state index in [1.54, 1.807) is 47.4 Å². The van der Waals surface area contributed by atoms with E-state index in [0.29, 0.717) is 91.6 Å². The van der Waals surface area contributed by atoms with Gasteiger partial charge in [0.05, 0.1) is 29.4 Å². The number of nitrogens with zero attached hydrogens (tertiary/aromatic N) is 6. The van der Waals surface area contributed by atoms with Crippen LogP contribution in [-0.4, -0.2) is 91.9 Å². The number of pyridine rings is 1. The molecule has 5 unspecified atom stereocenters. The number of ether oxygens (including phenoxy) is 1. The second-order valence-electron chi connectivity index (χ2n) is 16.8. The Morgan fingerprint density at radius 1 is 0.897 bits per heavy atom. The molecule has 3 aromatic heterocycles. The Morgan fingerprint density at radius 3 is 2.33 bits per heavy atom. The highest BCUT2D eigenvalue weighted by molar-refractivity contribution is 6.00. The summed E-state index contributed by atoms with van der Waals surface area (Å²) < 4.78 is 92.4. The highest BCUT2D eigenvalue weighted by Gasteiger charge is 2.60. The molecule has 6 fully saturated rings. The second-order valence-corrected chi connectivity index (χ2v) is 16.8. The maximum Gasteiger partial charge on any atom is 0.434 e. The standard InChI is InChI=1S/C41H43F6N7O4/c42-39(43,44)22-52-19-27(20-52)54-21-32(30-5-4-29(18-34(30)54)58-28-8-12-53(13-9-28)38-48-10-1-11-49-38)33-7-6-31(35(50-33)41(45,46)47)36(55)51-40(37(56)57)25-3-2-23-14-24(16-25)17-26(40)15-23/h1,4-7,10-11,18,21,23-28H,2-3,8-9,12-17,19-20,22H2,(H,51,55)(H,56,57). The smallest absolute Gasteiger partial charge is 0.434 e. The van der Waals surface area contributed by atoms with E-state index in [1.165, 1.54) is 11.0 Å². The number of likely N-dealkylation sites (tertiary alicyclic amines) is 1. The van der Waals surface area contributed by atoms with Gasteiger partial charge in [0, 0.05) is 74.6 Å². The van der Waals surface area contributed by atoms with Crippen molar-refractivity contribution in [3.8, 4) is 17.0 Å². The molecule has 5 heterocycles. The number of carbonyl (C=O) groups is 2. The summed E-state index contributed by atoms with van der Waals surface area (Å²) in [5, 5.41) is 13.8. The zero-order chi connectivity index (χ0) is 40.6. The van der Waals surface area contributed by atoms with Gasteiger partial charge in [0.1, 0.15) is 17.4 Å². The van der Waals surface area contributed by atoms with E-state index in [4.69, 9.17) is 4.74 Å². The van der Waals surface area contributed by atoms with Crippen molar-refractivity contribution in [1.82, 2.24) is 29.7 Å². The molecule has 4 aromatic rings. The Hall–Kier alpha value is -4.93. The molecule has 1 aromatic carbocycles. The van der Waals surface area contributed by atoms with Gasteiger partial charge in [-0.1, -0.05) is 6.42 Å². The summed E-state index contributed by atoms with van der Waals surface area (Å²) in [6, 6.07) is 8.86. The number of piperidine rings is 1. The highest BCUT2D eigenvalue weighted by atomic mass is 19.4. The van der Waals surface area contributed by atoms with Gasteiger partial charge in [-0.2, -0.15) is 26.3 Å². The number of anilines is 1. The van der Waals surface area contributed by atoms with Crippen LogP contribution in [0.5, 0.6) is 5.75 Å². The van der Waals surface area contributed by atoms with Gasteiger partial charge in [0.25, 0.3) is 5.91 Å². The van der Waals surface area contributed by atoms with Crippen LogP contribution < -0.4 is 15.0 Å². The van der Waals surface area contributed by atoms with Crippen molar-refractivity contribution in [2.24, 2.45) is 23.7 Å². The summed E-state index contributed by atoms with van der Waals surface area (Å²) in [4.78, 5) is 42.9. The number of aliphatic carboxylic acids is 1. The number of carboxylic acid groups (broad SMARTS) is 1. The molecule has 2 aliphatic heterocycles. The minimum absolute atomic E-state index is 0.0724. The Kier molecular flexibility index (Phi) is 9.59. The predicted octanol–water partition coefficient (Wildman–Crippen LogP) is 7.38. The van der Waals surface area contributed by atoms with Crippen LogP contribution >= 0.6 is 0 Å². The van der Waals surface area contributed by atoms with E-state index in [1.807, 2.05) is 0 Å². The fraction of sp³-hybridized carbons (Fsp3) is 0.537. The van der Waals surface area contributed by atoms with Crippen LogP contribution in [0.4, 0.5) is 32.3 Å². The average Bonchev–Trinajstić information content (AvgIpc) is 3.41. The Labute approximate surface area is 329 Å². The maximum absolute atomic E-state index is 14.9. The quantitative estimate of drug-likeness (QED) is 0.167. The molecule has 2 N–H and O–H groups in total. The monoisotopic (exact) mass is 811 g/mol. The summed E-state index contributed by atoms with van der Waals surface area (Å²) in [6.07, 6.45) is 0.966. The first-order valence-corrected chi connectivity index (χ1v) is 19.9. The Balaban J connectivity index is 1.02. The molecule has 5 atom stereocenters. The second kappa shape index (κ2) is 14.4. The van der Waals surface area contributed by atoms with Gasteiger partial charge in [-0.3, -0.25) is 9.69 Å². The number of aromatic nitrogens is 4. The third-order valence-electron chi connectivity index (χ3n) is 13.2. The molecular formula is C41H43F6N7O4. The maximum atomic E-state index is 14.9. The van der Waals surface area contributed by atoms with E-state index >= 15 is 0 Å². The van der Waals surface area contributed by atoms with Gasteiger partial charge < -0.3 is 24.6 Å². The molecule has 17 heteroatoms. The lowest BCUT2D eigenvalue weighted by Gasteiger charge is -2.50. The Morgan fingerprint density at radius 2 is 1.62 bits per heavy atom. The van der Waals surface area contributed by atoms with Crippen molar-refractivity contribution in [2.75, 3.05) is 37.6 Å². The molecule has 58 heavy (non-hydrogen) atoms. The topological polar surface area (TPSA) is 126 Å². The molecule has 10 rings (SSSR count). The minimum atomic E-state index is -5.08. The summed E-state index contributed by atoms with van der Waals surface area (Å²) in [5.41, 5.74) is -3.13. The normalized spacial score (nSPS) is 26.8. The van der Waals surface area contributed by atoms with Crippen LogP contribution in [0, 0.1) is 23.7 Å². The third kappa shape index (κ3) is 7.12. The largest absolute Gasteiger partial charge is 0.490 e. The molecule has 308 valence electrons. The lowest BCUT2D eigenvalue weighted by atomic mass is 9.58. The van der Waals surface area contributed by atoms with E-state index in [9.17, 15) is 41.0 Å². The molecule has 4 aliphatic carbocycles. The van der Waals surface area contributed by atoms with Crippen LogP contribution in [0.15, 0.2) is 55.0 Å².